The summed E-state index contributed by atoms with van der Waals surface area (Å²) in [4.78, 5) is 39.1. The Morgan fingerprint density at radius 1 is 0.675 bits per heavy atom. The second-order valence-electron chi connectivity index (χ2n) is 10.4. The summed E-state index contributed by atoms with van der Waals surface area (Å²) in [7, 11) is 0. The fourth-order valence-electron chi connectivity index (χ4n) is 5.52. The van der Waals surface area contributed by atoms with Gasteiger partial charge in [-0.1, -0.05) is 47.5 Å². The predicted octanol–water partition coefficient (Wildman–Crippen LogP) is 5.58. The highest BCUT2D eigenvalue weighted by atomic mass is 16.6. The molecule has 0 fully saturated rings. The number of benzene rings is 3. The van der Waals surface area contributed by atoms with E-state index >= 15 is 0 Å². The Bertz CT molecular complexity index is 1780. The fourth-order valence-corrected chi connectivity index (χ4v) is 5.52. The molecule has 0 aliphatic rings. The molecule has 0 saturated carbocycles. The lowest BCUT2D eigenvalue weighted by Crippen LogP contribution is -2.25. The van der Waals surface area contributed by atoms with Crippen LogP contribution < -0.4 is 11.1 Å². The molecule has 9 nitrogen and oxygen atoms in total. The molecular formula is C31H31N5O4. The van der Waals surface area contributed by atoms with Gasteiger partial charge in [0.2, 0.25) is 0 Å². The second-order valence-corrected chi connectivity index (χ2v) is 10.4. The zero-order valence-corrected chi connectivity index (χ0v) is 23.3. The van der Waals surface area contributed by atoms with E-state index in [1.165, 1.54) is 21.5 Å². The summed E-state index contributed by atoms with van der Waals surface area (Å²) >= 11 is 0. The van der Waals surface area contributed by atoms with Crippen molar-refractivity contribution in [3.63, 3.8) is 0 Å². The van der Waals surface area contributed by atoms with Gasteiger partial charge in [-0.05, 0) is 70.4 Å². The molecule has 0 bridgehead atoms. The number of aromatic nitrogens is 4. The standard InChI is InChI=1S/C31H31N5O4/c1-17-7-13-25(19(3)15-17)34-30(37)27(21(5)32-34)29(23-9-11-24(12-10-23)36(39)40)28-22(6)33-35(31(28)38)26-14-8-18(2)16-20(26)4/h7-16,29,32-33H,1-6H3. The summed E-state index contributed by atoms with van der Waals surface area (Å²) in [5.41, 5.74) is 7.42. The molecule has 5 aromatic rings. The van der Waals surface area contributed by atoms with Crippen LogP contribution >= 0.6 is 0 Å². The lowest BCUT2D eigenvalue weighted by Gasteiger charge is -2.16. The molecule has 2 aromatic heterocycles. The van der Waals surface area contributed by atoms with Crippen molar-refractivity contribution in [2.24, 2.45) is 0 Å². The first-order valence-electron chi connectivity index (χ1n) is 13.0. The molecule has 0 aliphatic carbocycles. The first-order chi connectivity index (χ1) is 19.0. The van der Waals surface area contributed by atoms with E-state index in [1.807, 2.05) is 64.1 Å². The van der Waals surface area contributed by atoms with Crippen molar-refractivity contribution in [2.45, 2.75) is 47.5 Å². The van der Waals surface area contributed by atoms with Crippen molar-refractivity contribution >= 4 is 5.69 Å². The molecule has 40 heavy (non-hydrogen) atoms. The summed E-state index contributed by atoms with van der Waals surface area (Å²) in [6.07, 6.45) is 0. The van der Waals surface area contributed by atoms with E-state index < -0.39 is 10.8 Å². The number of H-pyrrole nitrogens is 2. The lowest BCUT2D eigenvalue weighted by atomic mass is 9.85. The molecular weight excluding hydrogens is 506 g/mol. The number of aryl methyl sites for hydroxylation is 6. The van der Waals surface area contributed by atoms with Crippen molar-refractivity contribution in [1.29, 1.82) is 0 Å². The molecule has 0 atom stereocenters. The van der Waals surface area contributed by atoms with Crippen LogP contribution in [-0.2, 0) is 0 Å². The number of nitro benzene ring substituents is 1. The number of nitrogens with one attached hydrogen (secondary N) is 2. The van der Waals surface area contributed by atoms with Crippen LogP contribution in [0, 0.1) is 51.7 Å². The second kappa shape index (κ2) is 10.00. The largest absolute Gasteiger partial charge is 0.295 e. The molecule has 3 aromatic carbocycles. The van der Waals surface area contributed by atoms with E-state index in [1.54, 1.807) is 26.0 Å². The van der Waals surface area contributed by atoms with Gasteiger partial charge in [-0.25, -0.2) is 9.36 Å². The van der Waals surface area contributed by atoms with Crippen molar-refractivity contribution in [3.05, 3.63) is 142 Å². The molecule has 9 heteroatoms. The average Bonchev–Trinajstić information content (AvgIpc) is 3.35. The summed E-state index contributed by atoms with van der Waals surface area (Å²) < 4.78 is 3.00. The maximum Gasteiger partial charge on any atom is 0.275 e. The SMILES string of the molecule is Cc1ccc(-n2[nH]c(C)c(C(c3ccc([N+](=O)[O-])cc3)c3c(C)[nH]n(-c4ccc(C)cc4C)c3=O)c2=O)c(C)c1. The molecule has 204 valence electrons. The number of hydrogen-bond acceptors (Lipinski definition) is 4. The van der Waals surface area contributed by atoms with Gasteiger partial charge in [0.1, 0.15) is 0 Å². The Balaban J connectivity index is 1.78. The first-order valence-corrected chi connectivity index (χ1v) is 13.0. The van der Waals surface area contributed by atoms with Crippen LogP contribution in [0.2, 0.25) is 0 Å². The van der Waals surface area contributed by atoms with Crippen LogP contribution in [0.5, 0.6) is 0 Å². The van der Waals surface area contributed by atoms with Gasteiger partial charge in [0.15, 0.2) is 0 Å². The third-order valence-electron chi connectivity index (χ3n) is 7.44. The maximum absolute atomic E-state index is 14.1. The van der Waals surface area contributed by atoms with Crippen molar-refractivity contribution in [3.8, 4) is 11.4 Å². The average molecular weight is 538 g/mol. The van der Waals surface area contributed by atoms with Crippen molar-refractivity contribution < 1.29 is 4.92 Å². The molecule has 0 saturated heterocycles. The van der Waals surface area contributed by atoms with Crippen molar-refractivity contribution in [1.82, 2.24) is 19.6 Å². The summed E-state index contributed by atoms with van der Waals surface area (Å²) in [6.45, 7) is 11.5. The van der Waals surface area contributed by atoms with Gasteiger partial charge < -0.3 is 0 Å². The lowest BCUT2D eigenvalue weighted by molar-refractivity contribution is -0.384. The highest BCUT2D eigenvalue weighted by molar-refractivity contribution is 5.51. The minimum atomic E-state index is -0.771. The topological polar surface area (TPSA) is 119 Å². The molecule has 2 heterocycles. The van der Waals surface area contributed by atoms with Crippen LogP contribution in [0.15, 0.2) is 70.3 Å². The Kier molecular flexibility index (Phi) is 6.67. The molecule has 0 spiro atoms. The molecule has 5 rings (SSSR count). The van der Waals surface area contributed by atoms with Crippen LogP contribution in [0.4, 0.5) is 5.69 Å². The van der Waals surface area contributed by atoms with E-state index in [2.05, 4.69) is 10.2 Å². The third kappa shape index (κ3) is 4.49. The fraction of sp³-hybridized carbons (Fsp3) is 0.226. The summed E-state index contributed by atoms with van der Waals surface area (Å²) in [5, 5.41) is 17.8. The Morgan fingerprint density at radius 3 is 1.48 bits per heavy atom. The van der Waals surface area contributed by atoms with Crippen LogP contribution in [0.3, 0.4) is 0 Å². The highest BCUT2D eigenvalue weighted by Crippen LogP contribution is 2.33. The van der Waals surface area contributed by atoms with Crippen LogP contribution in [0.1, 0.15) is 56.2 Å². The number of rotatable bonds is 6. The van der Waals surface area contributed by atoms with Gasteiger partial charge in [0.05, 0.1) is 27.4 Å². The quantitative estimate of drug-likeness (QED) is 0.217. The number of hydrogen-bond donors (Lipinski definition) is 2. The smallest absolute Gasteiger partial charge is 0.275 e. The molecule has 2 N–H and O–H groups in total. The molecule has 0 unspecified atom stereocenters. The highest BCUT2D eigenvalue weighted by Gasteiger charge is 2.31. The normalized spacial score (nSPS) is 11.4. The number of nitro groups is 1. The zero-order valence-electron chi connectivity index (χ0n) is 23.3. The minimum absolute atomic E-state index is 0.0699. The van der Waals surface area contributed by atoms with E-state index in [0.717, 1.165) is 22.3 Å². The van der Waals surface area contributed by atoms with Gasteiger partial charge >= 0.3 is 0 Å². The Morgan fingerprint density at radius 2 is 1.10 bits per heavy atom. The van der Waals surface area contributed by atoms with Crippen LogP contribution in [-0.4, -0.2) is 24.5 Å². The maximum atomic E-state index is 14.1. The van der Waals surface area contributed by atoms with Gasteiger partial charge in [-0.15, -0.1) is 0 Å². The van der Waals surface area contributed by atoms with Gasteiger partial charge in [0.25, 0.3) is 16.8 Å². The zero-order chi connectivity index (χ0) is 28.9. The summed E-state index contributed by atoms with van der Waals surface area (Å²) in [5.74, 6) is -0.771. The molecule has 0 aliphatic heterocycles. The number of non-ortho nitro benzene ring substituents is 1. The van der Waals surface area contributed by atoms with E-state index in [0.29, 0.717) is 39.5 Å². The van der Waals surface area contributed by atoms with Gasteiger partial charge in [-0.3, -0.25) is 29.9 Å². The Labute approximate surface area is 230 Å². The van der Waals surface area contributed by atoms with Gasteiger partial charge in [0, 0.05) is 29.4 Å². The van der Waals surface area contributed by atoms with E-state index in [9.17, 15) is 19.7 Å². The van der Waals surface area contributed by atoms with Crippen LogP contribution in [0.25, 0.3) is 11.4 Å². The predicted molar refractivity (Wildman–Crippen MR) is 155 cm³/mol. The summed E-state index contributed by atoms with van der Waals surface area (Å²) in [6, 6.07) is 17.7. The third-order valence-corrected chi connectivity index (χ3v) is 7.44. The van der Waals surface area contributed by atoms with Gasteiger partial charge in [-0.2, -0.15) is 0 Å². The number of nitrogens with zero attached hydrogens (tertiary/aromatic N) is 3. The molecule has 0 amide bonds. The first kappa shape index (κ1) is 26.7. The van der Waals surface area contributed by atoms with E-state index in [-0.39, 0.29) is 16.8 Å². The minimum Gasteiger partial charge on any atom is -0.295 e. The van der Waals surface area contributed by atoms with E-state index in [4.69, 9.17) is 0 Å². The Hall–Kier alpha value is -4.92. The molecule has 0 radical (unpaired) electrons. The monoisotopic (exact) mass is 537 g/mol. The number of aromatic amines is 2. The van der Waals surface area contributed by atoms with Crippen molar-refractivity contribution in [2.75, 3.05) is 0 Å².